The van der Waals surface area contributed by atoms with Gasteiger partial charge in [-0.3, -0.25) is 4.79 Å². The molecule has 1 atom stereocenters. The second-order valence-electron chi connectivity index (χ2n) is 7.52. The number of rotatable bonds is 5. The smallest absolute Gasteiger partial charge is 0.312 e. The maximum Gasteiger partial charge on any atom is 0.312 e. The van der Waals surface area contributed by atoms with Crippen molar-refractivity contribution in [2.45, 2.75) is 77.0 Å². The summed E-state index contributed by atoms with van der Waals surface area (Å²) < 4.78 is 5.66. The van der Waals surface area contributed by atoms with Crippen LogP contribution in [0.1, 0.15) is 58.4 Å². The van der Waals surface area contributed by atoms with Gasteiger partial charge in [-0.05, 0) is 63.3 Å². The number of ether oxygens (including phenoxy) is 1. The Labute approximate surface area is 155 Å². The third-order valence-electron chi connectivity index (χ3n) is 3.90. The predicted molar refractivity (Wildman–Crippen MR) is 102 cm³/mol. The Morgan fingerprint density at radius 2 is 1.88 bits per heavy atom. The first-order valence-electron chi connectivity index (χ1n) is 9.02. The average Bonchev–Trinajstić information content (AvgIpc) is 2.56. The topological polar surface area (TPSA) is 121 Å². The lowest BCUT2D eigenvalue weighted by atomic mass is 9.97. The van der Waals surface area contributed by atoms with Gasteiger partial charge in [0.15, 0.2) is 0 Å². The quantitative estimate of drug-likeness (QED) is 0.456. The predicted octanol–water partition coefficient (Wildman–Crippen LogP) is 4.45. The van der Waals surface area contributed by atoms with Crippen molar-refractivity contribution in [3.8, 4) is 5.75 Å². The molecule has 1 aromatic rings. The number of nitrogens with two attached hydrogens (primary N) is 1. The maximum absolute atomic E-state index is 10.9. The number of nitrogens with zero attached hydrogens (tertiary/aromatic N) is 3. The molecule has 144 valence electrons. The first kappa shape index (κ1) is 21.8. The van der Waals surface area contributed by atoms with Gasteiger partial charge >= 0.3 is 5.97 Å². The van der Waals surface area contributed by atoms with E-state index >= 15 is 0 Å². The van der Waals surface area contributed by atoms with E-state index in [2.05, 4.69) is 10.0 Å². The van der Waals surface area contributed by atoms with Gasteiger partial charge in [0, 0.05) is 11.0 Å². The Balaban J connectivity index is 0.000000401. The molecule has 1 aromatic carbocycles. The molecule has 0 aromatic heterocycles. The van der Waals surface area contributed by atoms with Crippen LogP contribution in [-0.2, 0) is 11.2 Å². The molecule has 0 heterocycles. The van der Waals surface area contributed by atoms with Crippen molar-refractivity contribution in [1.29, 1.82) is 0 Å². The number of aliphatic carboxylic acids is 1. The third kappa shape index (κ3) is 9.30. The lowest BCUT2D eigenvalue weighted by Gasteiger charge is -2.21. The van der Waals surface area contributed by atoms with Crippen LogP contribution in [0.3, 0.4) is 0 Å². The summed E-state index contributed by atoms with van der Waals surface area (Å²) in [6, 6.07) is 6.53. The van der Waals surface area contributed by atoms with Gasteiger partial charge in [0.1, 0.15) is 17.4 Å². The summed E-state index contributed by atoms with van der Waals surface area (Å²) in [6.45, 7) is 5.84. The normalized spacial score (nSPS) is 15.8. The Morgan fingerprint density at radius 3 is 2.27 bits per heavy atom. The van der Waals surface area contributed by atoms with Crippen molar-refractivity contribution >= 4 is 5.97 Å². The summed E-state index contributed by atoms with van der Waals surface area (Å²) in [5.74, 6) is -0.417. The van der Waals surface area contributed by atoms with Crippen LogP contribution in [0.15, 0.2) is 29.4 Å². The molecule has 0 spiro atoms. The molecule has 0 radical (unpaired) electrons. The van der Waals surface area contributed by atoms with Gasteiger partial charge in [0.25, 0.3) is 0 Å². The van der Waals surface area contributed by atoms with E-state index in [1.807, 2.05) is 20.8 Å². The lowest BCUT2D eigenvalue weighted by Crippen LogP contribution is -2.23. The molecule has 2 rings (SSSR count). The van der Waals surface area contributed by atoms with E-state index in [1.165, 1.54) is 32.1 Å². The molecule has 1 fully saturated rings. The maximum atomic E-state index is 10.9. The minimum absolute atomic E-state index is 0.162. The molecule has 0 saturated heterocycles. The summed E-state index contributed by atoms with van der Waals surface area (Å²) in [4.78, 5) is 13.4. The van der Waals surface area contributed by atoms with E-state index in [4.69, 9.17) is 21.1 Å². The van der Waals surface area contributed by atoms with E-state index in [0.717, 1.165) is 5.56 Å². The molecule has 7 heteroatoms. The number of carboxylic acid groups (broad SMARTS) is 1. The third-order valence-corrected chi connectivity index (χ3v) is 3.90. The zero-order chi connectivity index (χ0) is 19.6. The number of hydrogen-bond donors (Lipinski definition) is 2. The number of carbonyl (C=O) groups is 1. The van der Waals surface area contributed by atoms with Crippen LogP contribution in [-0.4, -0.2) is 28.8 Å². The molecule has 1 aliphatic carbocycles. The van der Waals surface area contributed by atoms with Gasteiger partial charge in [-0.2, -0.15) is 0 Å². The van der Waals surface area contributed by atoms with Gasteiger partial charge in [-0.15, -0.1) is 0 Å². The highest BCUT2D eigenvalue weighted by Gasteiger charge is 2.16. The van der Waals surface area contributed by atoms with Crippen molar-refractivity contribution in [3.63, 3.8) is 0 Å². The van der Waals surface area contributed by atoms with Crippen LogP contribution in [0.5, 0.6) is 5.75 Å². The molecule has 26 heavy (non-hydrogen) atoms. The highest BCUT2D eigenvalue weighted by Crippen LogP contribution is 2.19. The highest BCUT2D eigenvalue weighted by atomic mass is 16.5. The molecule has 0 aliphatic heterocycles. The summed E-state index contributed by atoms with van der Waals surface area (Å²) in [6.07, 6.45) is 6.82. The Kier molecular flexibility index (Phi) is 8.96. The van der Waals surface area contributed by atoms with Crippen molar-refractivity contribution in [2.75, 3.05) is 0 Å². The highest BCUT2D eigenvalue weighted by molar-refractivity contribution is 5.74. The summed E-state index contributed by atoms with van der Waals surface area (Å²) >= 11 is 0. The summed E-state index contributed by atoms with van der Waals surface area (Å²) in [5, 5.41) is 12.1. The first-order chi connectivity index (χ1) is 12.2. The van der Waals surface area contributed by atoms with Crippen LogP contribution in [0.25, 0.3) is 10.4 Å². The van der Waals surface area contributed by atoms with Crippen molar-refractivity contribution in [3.05, 3.63) is 40.3 Å². The zero-order valence-electron chi connectivity index (χ0n) is 15.9. The van der Waals surface area contributed by atoms with Gasteiger partial charge in [0.2, 0.25) is 0 Å². The van der Waals surface area contributed by atoms with Gasteiger partial charge in [-0.25, -0.2) is 0 Å². The van der Waals surface area contributed by atoms with Crippen LogP contribution in [0, 0.1) is 0 Å². The first-order valence-corrected chi connectivity index (χ1v) is 9.02. The number of azide groups is 1. The SMILES string of the molecule is CC(C)(C)Oc1ccc(C[C@H](N=[N+]=[N-])C(=O)O)cc1.NC1CCCCC1. The number of benzene rings is 1. The molecule has 7 nitrogen and oxygen atoms in total. The Morgan fingerprint density at radius 1 is 1.31 bits per heavy atom. The monoisotopic (exact) mass is 362 g/mol. The number of hydrogen-bond acceptors (Lipinski definition) is 4. The molecule has 3 N–H and O–H groups in total. The largest absolute Gasteiger partial charge is 0.488 e. The van der Waals surface area contributed by atoms with E-state index in [9.17, 15) is 4.79 Å². The molecular formula is C19H30N4O3. The zero-order valence-corrected chi connectivity index (χ0v) is 15.9. The van der Waals surface area contributed by atoms with Crippen LogP contribution < -0.4 is 10.5 Å². The van der Waals surface area contributed by atoms with Crippen LogP contribution in [0.2, 0.25) is 0 Å². The molecular weight excluding hydrogens is 332 g/mol. The minimum Gasteiger partial charge on any atom is -0.488 e. The van der Waals surface area contributed by atoms with Crippen molar-refractivity contribution < 1.29 is 14.6 Å². The van der Waals surface area contributed by atoms with E-state index in [-0.39, 0.29) is 12.0 Å². The molecule has 0 amide bonds. The Bertz CT molecular complexity index is 596. The molecule has 0 unspecified atom stereocenters. The van der Waals surface area contributed by atoms with Crippen LogP contribution in [0.4, 0.5) is 0 Å². The fourth-order valence-corrected chi connectivity index (χ4v) is 2.64. The van der Waals surface area contributed by atoms with Crippen LogP contribution >= 0.6 is 0 Å². The number of carboxylic acids is 1. The van der Waals surface area contributed by atoms with E-state index in [0.29, 0.717) is 11.8 Å². The molecule has 1 saturated carbocycles. The summed E-state index contributed by atoms with van der Waals surface area (Å²) in [7, 11) is 0. The fraction of sp³-hybridized carbons (Fsp3) is 0.632. The van der Waals surface area contributed by atoms with E-state index in [1.54, 1.807) is 24.3 Å². The van der Waals surface area contributed by atoms with Gasteiger partial charge in [-0.1, -0.05) is 36.5 Å². The van der Waals surface area contributed by atoms with Gasteiger partial charge in [0.05, 0.1) is 0 Å². The van der Waals surface area contributed by atoms with Crippen molar-refractivity contribution in [1.82, 2.24) is 0 Å². The minimum atomic E-state index is -1.13. The Hall–Kier alpha value is -2.24. The molecule has 0 bridgehead atoms. The fourth-order valence-electron chi connectivity index (χ4n) is 2.64. The average molecular weight is 362 g/mol. The summed E-state index contributed by atoms with van der Waals surface area (Å²) in [5.41, 5.74) is 14.4. The van der Waals surface area contributed by atoms with Crippen molar-refractivity contribution in [2.24, 2.45) is 10.8 Å². The second-order valence-corrected chi connectivity index (χ2v) is 7.52. The van der Waals surface area contributed by atoms with E-state index < -0.39 is 12.0 Å². The second kappa shape index (κ2) is 10.7. The lowest BCUT2D eigenvalue weighted by molar-refractivity contribution is -0.138. The standard InChI is InChI=1S/C13H17N3O3.C6H13N/c1-13(2,3)19-10-6-4-9(5-7-10)8-11(12(17)18)15-16-14;7-6-4-2-1-3-5-6/h4-7,11H,8H2,1-3H3,(H,17,18);6H,1-5,7H2/t11-;/m0./s1. The molecule has 1 aliphatic rings. The van der Waals surface area contributed by atoms with Gasteiger partial charge < -0.3 is 15.6 Å².